The molecule has 0 spiro atoms. The van der Waals surface area contributed by atoms with Crippen molar-refractivity contribution in [1.29, 1.82) is 0 Å². The highest BCUT2D eigenvalue weighted by molar-refractivity contribution is 6.30. The maximum absolute atomic E-state index is 13.4. The fraction of sp³-hybridized carbons (Fsp3) is 0.409. The molecule has 1 amide bonds. The lowest BCUT2D eigenvalue weighted by atomic mass is 9.38. The molecule has 0 radical (unpaired) electrons. The SMILES string of the molecule is O=C(COc1ccc(Cl)c(F)c1)CC12CC(NC(=O)COc3ccc(C(F)(F)F)nc3)(C1)C2. The number of pyridine rings is 1. The molecule has 1 aromatic heterocycles. The van der Waals surface area contributed by atoms with E-state index in [9.17, 15) is 27.2 Å². The highest BCUT2D eigenvalue weighted by atomic mass is 35.5. The predicted octanol–water partition coefficient (Wildman–Crippen LogP) is 4.35. The van der Waals surface area contributed by atoms with E-state index in [0.717, 1.165) is 24.4 Å². The van der Waals surface area contributed by atoms with Gasteiger partial charge >= 0.3 is 6.18 Å². The highest BCUT2D eigenvalue weighted by Crippen LogP contribution is 2.69. The second-order valence-corrected chi connectivity index (χ2v) is 9.01. The molecular formula is C22H19ClF4N2O4. The van der Waals surface area contributed by atoms with Crippen molar-refractivity contribution in [1.82, 2.24) is 10.3 Å². The molecule has 0 unspecified atom stereocenters. The van der Waals surface area contributed by atoms with Gasteiger partial charge in [-0.3, -0.25) is 9.59 Å². The number of ketones is 1. The zero-order chi connectivity index (χ0) is 23.9. The molecule has 11 heteroatoms. The van der Waals surface area contributed by atoms with E-state index in [2.05, 4.69) is 10.3 Å². The molecule has 1 N–H and O–H groups in total. The van der Waals surface area contributed by atoms with Gasteiger partial charge < -0.3 is 14.8 Å². The van der Waals surface area contributed by atoms with Crippen LogP contribution in [0, 0.1) is 11.2 Å². The van der Waals surface area contributed by atoms with Gasteiger partial charge in [-0.25, -0.2) is 9.37 Å². The molecule has 33 heavy (non-hydrogen) atoms. The monoisotopic (exact) mass is 486 g/mol. The van der Waals surface area contributed by atoms with Gasteiger partial charge in [-0.2, -0.15) is 13.2 Å². The Labute approximate surface area is 191 Å². The van der Waals surface area contributed by atoms with Crippen LogP contribution in [-0.2, 0) is 15.8 Å². The van der Waals surface area contributed by atoms with Crippen molar-refractivity contribution in [3.63, 3.8) is 0 Å². The first kappa shape index (κ1) is 23.3. The normalized spacial score (nSPS) is 23.2. The van der Waals surface area contributed by atoms with Crippen LogP contribution in [0.2, 0.25) is 5.02 Å². The van der Waals surface area contributed by atoms with E-state index in [0.29, 0.717) is 25.7 Å². The molecular weight excluding hydrogens is 468 g/mol. The van der Waals surface area contributed by atoms with E-state index in [1.807, 2.05) is 0 Å². The molecule has 3 aliphatic carbocycles. The van der Waals surface area contributed by atoms with E-state index in [-0.39, 0.29) is 46.5 Å². The van der Waals surface area contributed by atoms with Gasteiger partial charge in [0, 0.05) is 18.0 Å². The van der Waals surface area contributed by atoms with Crippen LogP contribution in [0.15, 0.2) is 36.5 Å². The number of nitrogens with one attached hydrogen (secondary N) is 1. The van der Waals surface area contributed by atoms with Crippen molar-refractivity contribution in [2.75, 3.05) is 13.2 Å². The molecule has 176 valence electrons. The summed E-state index contributed by atoms with van der Waals surface area (Å²) in [5.41, 5.74) is -1.59. The first-order chi connectivity index (χ1) is 15.5. The van der Waals surface area contributed by atoms with Gasteiger partial charge in [-0.05, 0) is 48.9 Å². The van der Waals surface area contributed by atoms with Crippen LogP contribution in [-0.4, -0.2) is 35.4 Å². The van der Waals surface area contributed by atoms with Crippen molar-refractivity contribution in [2.24, 2.45) is 5.41 Å². The van der Waals surface area contributed by atoms with Gasteiger partial charge in [0.15, 0.2) is 12.4 Å². The Hall–Kier alpha value is -2.88. The average molecular weight is 487 g/mol. The molecule has 3 fully saturated rings. The third-order valence-corrected chi connectivity index (χ3v) is 6.11. The lowest BCUT2D eigenvalue weighted by Crippen LogP contribution is -2.75. The molecule has 2 aromatic rings. The molecule has 0 saturated heterocycles. The predicted molar refractivity (Wildman–Crippen MR) is 108 cm³/mol. The number of hydrogen-bond donors (Lipinski definition) is 1. The molecule has 1 heterocycles. The van der Waals surface area contributed by atoms with Crippen molar-refractivity contribution < 1.29 is 36.6 Å². The van der Waals surface area contributed by atoms with E-state index < -0.39 is 23.6 Å². The number of rotatable bonds is 9. The summed E-state index contributed by atoms with van der Waals surface area (Å²) in [4.78, 5) is 27.7. The van der Waals surface area contributed by atoms with E-state index in [1.54, 1.807) is 0 Å². The number of ether oxygens (including phenoxy) is 2. The Morgan fingerprint density at radius 1 is 1.06 bits per heavy atom. The topological polar surface area (TPSA) is 77.5 Å². The minimum Gasteiger partial charge on any atom is -0.486 e. The van der Waals surface area contributed by atoms with Crippen molar-refractivity contribution in [3.8, 4) is 11.5 Å². The average Bonchev–Trinajstić information content (AvgIpc) is 2.70. The fourth-order valence-electron chi connectivity index (χ4n) is 4.63. The number of carbonyl (C=O) groups is 2. The minimum absolute atomic E-state index is 0.0312. The number of Topliss-reactive ketones (excluding diaryl/α,β-unsaturated/α-hetero) is 1. The molecule has 3 aliphatic rings. The maximum Gasteiger partial charge on any atom is 0.433 e. The molecule has 2 bridgehead atoms. The summed E-state index contributed by atoms with van der Waals surface area (Å²) in [6.07, 6.45) is -1.39. The standard InChI is InChI=1S/C22H19ClF4N2O4/c23-16-3-1-14(5-17(16)24)32-8-13(30)6-20-10-21(11-20,12-20)29-19(31)9-33-15-2-4-18(28-7-15)22(25,26)27/h1-5,7H,6,8-12H2,(H,29,31). The summed E-state index contributed by atoms with van der Waals surface area (Å²) in [7, 11) is 0. The van der Waals surface area contributed by atoms with Crippen LogP contribution in [0.1, 0.15) is 31.4 Å². The molecule has 5 rings (SSSR count). The molecule has 0 aliphatic heterocycles. The second-order valence-electron chi connectivity index (χ2n) is 8.60. The zero-order valence-corrected chi connectivity index (χ0v) is 17.9. The number of benzene rings is 1. The number of aromatic nitrogens is 1. The summed E-state index contributed by atoms with van der Waals surface area (Å²) < 4.78 is 61.5. The van der Waals surface area contributed by atoms with Crippen molar-refractivity contribution in [3.05, 3.63) is 53.1 Å². The number of carbonyl (C=O) groups excluding carboxylic acids is 2. The van der Waals surface area contributed by atoms with Crippen molar-refractivity contribution in [2.45, 2.75) is 37.4 Å². The molecule has 3 saturated carbocycles. The Kier molecular flexibility index (Phi) is 5.98. The lowest BCUT2D eigenvalue weighted by Gasteiger charge is -2.70. The van der Waals surface area contributed by atoms with E-state index >= 15 is 0 Å². The Bertz CT molecular complexity index is 1060. The Balaban J connectivity index is 1.16. The van der Waals surface area contributed by atoms with Gasteiger partial charge in [0.2, 0.25) is 0 Å². The third-order valence-electron chi connectivity index (χ3n) is 5.80. The van der Waals surface area contributed by atoms with Gasteiger partial charge in [-0.15, -0.1) is 0 Å². The van der Waals surface area contributed by atoms with Crippen LogP contribution in [0.5, 0.6) is 11.5 Å². The number of alkyl halides is 3. The maximum atomic E-state index is 13.4. The second kappa shape index (κ2) is 8.48. The summed E-state index contributed by atoms with van der Waals surface area (Å²) >= 11 is 5.61. The first-order valence-corrected chi connectivity index (χ1v) is 10.4. The number of hydrogen-bond acceptors (Lipinski definition) is 5. The quantitative estimate of drug-likeness (QED) is 0.533. The minimum atomic E-state index is -4.54. The smallest absolute Gasteiger partial charge is 0.433 e. The van der Waals surface area contributed by atoms with Crippen LogP contribution < -0.4 is 14.8 Å². The zero-order valence-electron chi connectivity index (χ0n) is 17.2. The van der Waals surface area contributed by atoms with E-state index in [4.69, 9.17) is 21.1 Å². The highest BCUT2D eigenvalue weighted by Gasteiger charge is 2.68. The summed E-state index contributed by atoms with van der Waals surface area (Å²) in [5.74, 6) is -0.878. The molecule has 6 nitrogen and oxygen atoms in total. The third kappa shape index (κ3) is 5.21. The number of halogens is 5. The largest absolute Gasteiger partial charge is 0.486 e. The van der Waals surface area contributed by atoms with Gasteiger partial charge in [-0.1, -0.05) is 11.6 Å². The van der Waals surface area contributed by atoms with E-state index in [1.165, 1.54) is 12.1 Å². The lowest BCUT2D eigenvalue weighted by molar-refractivity contribution is -0.173. The number of amides is 1. The first-order valence-electron chi connectivity index (χ1n) is 10.0. The number of nitrogens with zero attached hydrogens (tertiary/aromatic N) is 1. The van der Waals surface area contributed by atoms with Crippen LogP contribution in [0.25, 0.3) is 0 Å². The summed E-state index contributed by atoms with van der Waals surface area (Å²) in [6.45, 7) is -0.538. The van der Waals surface area contributed by atoms with Crippen molar-refractivity contribution >= 4 is 23.3 Å². The van der Waals surface area contributed by atoms with Crippen LogP contribution >= 0.6 is 11.6 Å². The van der Waals surface area contributed by atoms with Gasteiger partial charge in [0.05, 0.1) is 11.2 Å². The Morgan fingerprint density at radius 2 is 1.73 bits per heavy atom. The van der Waals surface area contributed by atoms with Crippen LogP contribution in [0.3, 0.4) is 0 Å². The van der Waals surface area contributed by atoms with Gasteiger partial charge in [0.1, 0.15) is 29.6 Å². The van der Waals surface area contributed by atoms with Gasteiger partial charge in [0.25, 0.3) is 5.91 Å². The Morgan fingerprint density at radius 3 is 2.33 bits per heavy atom. The summed E-state index contributed by atoms with van der Waals surface area (Å²) in [6, 6.07) is 5.83. The fourth-order valence-corrected chi connectivity index (χ4v) is 4.75. The molecule has 0 atom stereocenters. The molecule has 1 aromatic carbocycles. The van der Waals surface area contributed by atoms with Crippen LogP contribution in [0.4, 0.5) is 17.6 Å². The summed E-state index contributed by atoms with van der Waals surface area (Å²) in [5, 5.41) is 2.84.